The fourth-order valence-electron chi connectivity index (χ4n) is 2.49. The summed E-state index contributed by atoms with van der Waals surface area (Å²) in [5.41, 5.74) is 0.737. The number of benzene rings is 1. The van der Waals surface area contributed by atoms with Crippen molar-refractivity contribution in [1.29, 1.82) is 0 Å². The predicted octanol–water partition coefficient (Wildman–Crippen LogP) is 2.27. The molecule has 1 fully saturated rings. The van der Waals surface area contributed by atoms with E-state index in [4.69, 9.17) is 18.8 Å². The summed E-state index contributed by atoms with van der Waals surface area (Å²) in [6.07, 6.45) is 0. The fourth-order valence-corrected chi connectivity index (χ4v) is 2.49. The van der Waals surface area contributed by atoms with Gasteiger partial charge in [-0.05, 0) is 46.2 Å². The molecule has 1 aliphatic rings. The van der Waals surface area contributed by atoms with Gasteiger partial charge >= 0.3 is 13.1 Å². The molecule has 1 heterocycles. The maximum Gasteiger partial charge on any atom is 0.498 e. The second kappa shape index (κ2) is 6.17. The highest BCUT2D eigenvalue weighted by Gasteiger charge is 2.52. The van der Waals surface area contributed by atoms with E-state index in [0.29, 0.717) is 5.75 Å². The Morgan fingerprint density at radius 3 is 2.17 bits per heavy atom. The summed E-state index contributed by atoms with van der Waals surface area (Å²) in [6, 6.07) is 5.58. The average molecular weight is 320 g/mol. The molecule has 0 saturated carbocycles. The van der Waals surface area contributed by atoms with Crippen LogP contribution in [0, 0.1) is 0 Å². The predicted molar refractivity (Wildman–Crippen MR) is 89.1 cm³/mol. The van der Waals surface area contributed by atoms with Crippen LogP contribution in [0.1, 0.15) is 46.1 Å². The summed E-state index contributed by atoms with van der Waals surface area (Å²) in [5.74, 6) is 0.0198. The number of esters is 1. The zero-order chi connectivity index (χ0) is 17.4. The number of ether oxygens (including phenoxy) is 2. The zero-order valence-corrected chi connectivity index (χ0v) is 14.9. The molecule has 0 spiro atoms. The highest BCUT2D eigenvalue weighted by Crippen LogP contribution is 2.37. The Bertz CT molecular complexity index is 581. The molecule has 5 nitrogen and oxygen atoms in total. The molecule has 1 aliphatic heterocycles. The smallest absolute Gasteiger partial charge is 0.497 e. The molecule has 1 atom stereocenters. The maximum absolute atomic E-state index is 11.8. The molecular weight excluding hydrogens is 295 g/mol. The molecule has 0 aromatic heterocycles. The molecule has 0 aliphatic carbocycles. The van der Waals surface area contributed by atoms with E-state index in [1.165, 1.54) is 7.11 Å². The van der Waals surface area contributed by atoms with Gasteiger partial charge in [0.25, 0.3) is 0 Å². The van der Waals surface area contributed by atoms with Gasteiger partial charge in [0.2, 0.25) is 0 Å². The van der Waals surface area contributed by atoms with Crippen LogP contribution in [0.5, 0.6) is 5.75 Å². The molecule has 1 aromatic rings. The molecule has 1 unspecified atom stereocenters. The van der Waals surface area contributed by atoms with E-state index in [1.807, 2.05) is 52.8 Å². The van der Waals surface area contributed by atoms with Gasteiger partial charge in [-0.3, -0.25) is 4.79 Å². The third-order valence-corrected chi connectivity index (χ3v) is 4.82. The van der Waals surface area contributed by atoms with Crippen molar-refractivity contribution in [3.05, 3.63) is 23.8 Å². The van der Waals surface area contributed by atoms with E-state index in [0.717, 1.165) is 11.0 Å². The first-order valence-corrected chi connectivity index (χ1v) is 7.74. The molecule has 0 bridgehead atoms. The van der Waals surface area contributed by atoms with Crippen LogP contribution in [0.15, 0.2) is 18.2 Å². The molecule has 6 heteroatoms. The lowest BCUT2D eigenvalue weighted by molar-refractivity contribution is -0.141. The van der Waals surface area contributed by atoms with Crippen LogP contribution < -0.4 is 10.2 Å². The first-order valence-electron chi connectivity index (χ1n) is 7.74. The Morgan fingerprint density at radius 1 is 1.13 bits per heavy atom. The number of carbonyl (C=O) groups is 1. The average Bonchev–Trinajstić information content (AvgIpc) is 2.73. The molecule has 126 valence electrons. The summed E-state index contributed by atoms with van der Waals surface area (Å²) >= 11 is 0. The van der Waals surface area contributed by atoms with Gasteiger partial charge < -0.3 is 18.8 Å². The molecular formula is C17H25BO5. The van der Waals surface area contributed by atoms with Gasteiger partial charge in [0.1, 0.15) is 5.75 Å². The van der Waals surface area contributed by atoms with E-state index < -0.39 is 18.3 Å². The molecule has 1 saturated heterocycles. The van der Waals surface area contributed by atoms with Gasteiger partial charge in [-0.25, -0.2) is 0 Å². The zero-order valence-electron chi connectivity index (χ0n) is 14.9. The normalized spacial score (nSPS) is 20.2. The lowest BCUT2D eigenvalue weighted by Gasteiger charge is -2.32. The number of hydrogen-bond acceptors (Lipinski definition) is 5. The topological polar surface area (TPSA) is 54.0 Å². The van der Waals surface area contributed by atoms with Crippen molar-refractivity contribution < 1.29 is 23.6 Å². The van der Waals surface area contributed by atoms with Crippen molar-refractivity contribution in [2.24, 2.45) is 0 Å². The third-order valence-electron chi connectivity index (χ3n) is 4.82. The van der Waals surface area contributed by atoms with Crippen LogP contribution >= 0.6 is 0 Å². The first-order chi connectivity index (χ1) is 10.6. The van der Waals surface area contributed by atoms with Crippen molar-refractivity contribution in [3.63, 3.8) is 0 Å². The quantitative estimate of drug-likeness (QED) is 0.629. The van der Waals surface area contributed by atoms with Crippen LogP contribution in [0.3, 0.4) is 0 Å². The monoisotopic (exact) mass is 320 g/mol. The van der Waals surface area contributed by atoms with Crippen LogP contribution in [0.4, 0.5) is 0 Å². The van der Waals surface area contributed by atoms with Gasteiger partial charge in [-0.15, -0.1) is 0 Å². The number of methoxy groups -OCH3 is 2. The molecule has 0 amide bonds. The van der Waals surface area contributed by atoms with Crippen molar-refractivity contribution in [3.8, 4) is 5.75 Å². The summed E-state index contributed by atoms with van der Waals surface area (Å²) < 4.78 is 22.5. The minimum atomic E-state index is -0.542. The number of carbonyl (C=O) groups excluding carboxylic acids is 1. The highest BCUT2D eigenvalue weighted by molar-refractivity contribution is 6.63. The first kappa shape index (κ1) is 17.8. The Balaban J connectivity index is 2.40. The molecule has 0 N–H and O–H groups in total. The summed E-state index contributed by atoms with van der Waals surface area (Å²) in [7, 11) is 2.45. The second-order valence-electron chi connectivity index (χ2n) is 6.83. The Morgan fingerprint density at radius 2 is 1.70 bits per heavy atom. The number of rotatable bonds is 4. The number of hydrogen-bond donors (Lipinski definition) is 0. The molecule has 23 heavy (non-hydrogen) atoms. The lowest BCUT2D eigenvalue weighted by Crippen LogP contribution is -2.41. The summed E-state index contributed by atoms with van der Waals surface area (Å²) in [4.78, 5) is 11.8. The van der Waals surface area contributed by atoms with Crippen LogP contribution in [0.25, 0.3) is 0 Å². The Kier molecular flexibility index (Phi) is 4.78. The fraction of sp³-hybridized carbons (Fsp3) is 0.588. The summed E-state index contributed by atoms with van der Waals surface area (Å²) in [6.45, 7) is 9.81. The van der Waals surface area contributed by atoms with Crippen LogP contribution in [-0.4, -0.2) is 38.5 Å². The van der Waals surface area contributed by atoms with Gasteiger partial charge in [0, 0.05) is 5.46 Å². The van der Waals surface area contributed by atoms with Gasteiger partial charge in [0.05, 0.1) is 31.3 Å². The highest BCUT2D eigenvalue weighted by atomic mass is 16.7. The van der Waals surface area contributed by atoms with Crippen LogP contribution in [-0.2, 0) is 18.8 Å². The van der Waals surface area contributed by atoms with E-state index in [-0.39, 0.29) is 11.9 Å². The van der Waals surface area contributed by atoms with Crippen molar-refractivity contribution in [2.45, 2.75) is 51.7 Å². The SMILES string of the molecule is COC(=O)C(C)c1ccc(OC)c(B2OC(C)(C)C(C)(C)O2)c1. The van der Waals surface area contributed by atoms with Crippen LogP contribution in [0.2, 0.25) is 0 Å². The minimum Gasteiger partial charge on any atom is -0.497 e. The van der Waals surface area contributed by atoms with Gasteiger partial charge in [-0.1, -0.05) is 12.1 Å². The van der Waals surface area contributed by atoms with E-state index >= 15 is 0 Å². The molecule has 2 rings (SSSR count). The minimum absolute atomic E-state index is 0.282. The molecule has 0 radical (unpaired) electrons. The Hall–Kier alpha value is -1.53. The van der Waals surface area contributed by atoms with Gasteiger partial charge in [0.15, 0.2) is 0 Å². The maximum atomic E-state index is 11.8. The van der Waals surface area contributed by atoms with E-state index in [1.54, 1.807) is 7.11 Å². The van der Waals surface area contributed by atoms with Crippen molar-refractivity contribution in [1.82, 2.24) is 0 Å². The van der Waals surface area contributed by atoms with E-state index in [9.17, 15) is 4.79 Å². The molecule has 1 aromatic carbocycles. The van der Waals surface area contributed by atoms with E-state index in [2.05, 4.69) is 0 Å². The van der Waals surface area contributed by atoms with Crippen molar-refractivity contribution in [2.75, 3.05) is 14.2 Å². The largest absolute Gasteiger partial charge is 0.498 e. The lowest BCUT2D eigenvalue weighted by atomic mass is 9.76. The standard InChI is InChI=1S/C17H25BO5/c1-11(15(19)21-7)12-8-9-14(20-6)13(10-12)18-22-16(2,3)17(4,5)23-18/h8-11H,1-7H3. The van der Waals surface area contributed by atoms with Crippen molar-refractivity contribution >= 4 is 18.6 Å². The van der Waals surface area contributed by atoms with Gasteiger partial charge in [-0.2, -0.15) is 0 Å². The summed E-state index contributed by atoms with van der Waals surface area (Å²) in [5, 5.41) is 0. The third kappa shape index (κ3) is 3.24. The second-order valence-corrected chi connectivity index (χ2v) is 6.83. The Labute approximate surface area is 138 Å².